The molecule has 28 heavy (non-hydrogen) atoms. The van der Waals surface area contributed by atoms with Gasteiger partial charge in [-0.3, -0.25) is 4.79 Å². The number of fused-ring (bicyclic) bond motifs is 1. The minimum Gasteiger partial charge on any atom is -0.506 e. The fourth-order valence-corrected chi connectivity index (χ4v) is 5.85. The molecule has 2 aliphatic carbocycles. The average Bonchev–Trinajstić information content (AvgIpc) is 3.23. The van der Waals surface area contributed by atoms with Gasteiger partial charge in [-0.15, -0.1) is 0 Å². The predicted octanol–water partition coefficient (Wildman–Crippen LogP) is 1.74. The quantitative estimate of drug-likeness (QED) is 0.686. The van der Waals surface area contributed by atoms with Crippen LogP contribution in [0.5, 0.6) is 5.75 Å². The van der Waals surface area contributed by atoms with E-state index >= 15 is 4.39 Å². The van der Waals surface area contributed by atoms with E-state index in [0.717, 1.165) is 25.3 Å². The standard InChI is InChI=1S/C19H26FN3O4S/c20-18-15-10-14(21-8-7-12-3-1-2-4-12)6-5-13(15)9-16(24)19(18)23-11-17(25)22-28(23,26)27/h9,12,14,21,24H,1-8,10-11H2,(H,22,25)/t14-/m1/s1. The molecule has 1 aliphatic heterocycles. The summed E-state index contributed by atoms with van der Waals surface area (Å²) >= 11 is 0. The number of benzene rings is 1. The van der Waals surface area contributed by atoms with E-state index in [9.17, 15) is 18.3 Å². The molecule has 0 radical (unpaired) electrons. The Labute approximate surface area is 164 Å². The van der Waals surface area contributed by atoms with Gasteiger partial charge in [0.15, 0.2) is 5.82 Å². The summed E-state index contributed by atoms with van der Waals surface area (Å²) in [5, 5.41) is 13.8. The second kappa shape index (κ2) is 7.51. The van der Waals surface area contributed by atoms with Gasteiger partial charge in [0.25, 0.3) is 5.91 Å². The maximum Gasteiger partial charge on any atom is 0.326 e. The van der Waals surface area contributed by atoms with E-state index in [1.807, 2.05) is 4.72 Å². The third-order valence-electron chi connectivity index (χ3n) is 6.16. The maximum atomic E-state index is 15.2. The minimum atomic E-state index is -4.18. The SMILES string of the molecule is O=C1CN(c2c(O)cc3c(c2F)C[C@H](NCCC2CCCC2)CC3)S(=O)(=O)N1. The van der Waals surface area contributed by atoms with Gasteiger partial charge in [-0.1, -0.05) is 25.7 Å². The Morgan fingerprint density at radius 1 is 1.29 bits per heavy atom. The maximum absolute atomic E-state index is 15.2. The number of carbonyl (C=O) groups excluding carboxylic acids is 1. The van der Waals surface area contributed by atoms with Crippen LogP contribution < -0.4 is 14.3 Å². The molecule has 3 aliphatic rings. The zero-order chi connectivity index (χ0) is 19.9. The molecule has 0 bridgehead atoms. The first kappa shape index (κ1) is 19.4. The highest BCUT2D eigenvalue weighted by molar-refractivity contribution is 7.92. The lowest BCUT2D eigenvalue weighted by molar-refractivity contribution is -0.117. The molecule has 1 aromatic carbocycles. The topological polar surface area (TPSA) is 98.7 Å². The highest BCUT2D eigenvalue weighted by Gasteiger charge is 2.39. The molecule has 1 atom stereocenters. The summed E-state index contributed by atoms with van der Waals surface area (Å²) in [6.07, 6.45) is 8.25. The van der Waals surface area contributed by atoms with Gasteiger partial charge in [0.05, 0.1) is 0 Å². The summed E-state index contributed by atoms with van der Waals surface area (Å²) in [6.45, 7) is 0.366. The third kappa shape index (κ3) is 3.69. The molecular weight excluding hydrogens is 385 g/mol. The first-order valence-electron chi connectivity index (χ1n) is 9.95. The Morgan fingerprint density at radius 3 is 2.71 bits per heavy atom. The van der Waals surface area contributed by atoms with Crippen LogP contribution in [0.4, 0.5) is 10.1 Å². The van der Waals surface area contributed by atoms with Gasteiger partial charge in [-0.05, 0) is 55.3 Å². The molecule has 4 rings (SSSR count). The molecule has 9 heteroatoms. The van der Waals surface area contributed by atoms with Crippen molar-refractivity contribution in [3.63, 3.8) is 0 Å². The van der Waals surface area contributed by atoms with Crippen molar-refractivity contribution in [2.24, 2.45) is 5.92 Å². The third-order valence-corrected chi connectivity index (χ3v) is 7.53. The van der Waals surface area contributed by atoms with Crippen LogP contribution in [0.25, 0.3) is 0 Å². The smallest absolute Gasteiger partial charge is 0.326 e. The predicted molar refractivity (Wildman–Crippen MR) is 103 cm³/mol. The van der Waals surface area contributed by atoms with Crippen LogP contribution in [0, 0.1) is 11.7 Å². The van der Waals surface area contributed by atoms with Crippen LogP contribution >= 0.6 is 0 Å². The molecule has 1 saturated carbocycles. The van der Waals surface area contributed by atoms with Crippen LogP contribution in [0.1, 0.15) is 49.7 Å². The van der Waals surface area contributed by atoms with Crippen molar-refractivity contribution in [1.82, 2.24) is 10.0 Å². The second-order valence-corrected chi connectivity index (χ2v) is 9.66. The van der Waals surface area contributed by atoms with E-state index in [2.05, 4.69) is 5.32 Å². The number of halogens is 1. The first-order chi connectivity index (χ1) is 13.3. The van der Waals surface area contributed by atoms with Crippen molar-refractivity contribution in [2.45, 2.75) is 57.4 Å². The van der Waals surface area contributed by atoms with Crippen LogP contribution in [0.2, 0.25) is 0 Å². The molecule has 3 N–H and O–H groups in total. The Bertz CT molecular complexity index is 884. The molecular formula is C19H26FN3O4S. The van der Waals surface area contributed by atoms with Crippen molar-refractivity contribution < 1.29 is 22.7 Å². The number of hydrogen-bond acceptors (Lipinski definition) is 5. The van der Waals surface area contributed by atoms with Gasteiger partial charge >= 0.3 is 10.2 Å². The number of anilines is 1. The fourth-order valence-electron chi connectivity index (χ4n) is 4.69. The number of phenols is 1. The Morgan fingerprint density at radius 2 is 2.04 bits per heavy atom. The van der Waals surface area contributed by atoms with Crippen LogP contribution in [-0.4, -0.2) is 38.6 Å². The van der Waals surface area contributed by atoms with E-state index in [0.29, 0.717) is 28.3 Å². The molecule has 1 amide bonds. The van der Waals surface area contributed by atoms with Gasteiger partial charge in [0.2, 0.25) is 0 Å². The Balaban J connectivity index is 1.51. The summed E-state index contributed by atoms with van der Waals surface area (Å²) in [4.78, 5) is 11.5. The van der Waals surface area contributed by atoms with Crippen LogP contribution in [0.15, 0.2) is 6.07 Å². The van der Waals surface area contributed by atoms with Crippen molar-refractivity contribution in [1.29, 1.82) is 0 Å². The molecule has 1 saturated heterocycles. The van der Waals surface area contributed by atoms with Gasteiger partial charge in [0.1, 0.15) is 18.0 Å². The van der Waals surface area contributed by atoms with Gasteiger partial charge in [0, 0.05) is 6.04 Å². The molecule has 0 unspecified atom stereocenters. The Kier molecular flexibility index (Phi) is 5.22. The highest BCUT2D eigenvalue weighted by atomic mass is 32.2. The van der Waals surface area contributed by atoms with Crippen molar-refractivity contribution >= 4 is 21.8 Å². The Hall–Kier alpha value is -1.87. The summed E-state index contributed by atoms with van der Waals surface area (Å²) < 4.78 is 41.8. The van der Waals surface area contributed by atoms with E-state index in [4.69, 9.17) is 0 Å². The average molecular weight is 411 g/mol. The molecule has 1 heterocycles. The molecule has 0 aromatic heterocycles. The number of nitrogens with one attached hydrogen (secondary N) is 2. The lowest BCUT2D eigenvalue weighted by atomic mass is 9.87. The molecule has 7 nitrogen and oxygen atoms in total. The van der Waals surface area contributed by atoms with E-state index in [1.54, 1.807) is 0 Å². The summed E-state index contributed by atoms with van der Waals surface area (Å²) in [5.41, 5.74) is 0.680. The number of hydrogen-bond donors (Lipinski definition) is 3. The van der Waals surface area contributed by atoms with Crippen LogP contribution in [0.3, 0.4) is 0 Å². The monoisotopic (exact) mass is 411 g/mol. The normalized spacial score (nSPS) is 24.4. The molecule has 1 aromatic rings. The second-order valence-electron chi connectivity index (χ2n) is 8.07. The molecule has 2 fully saturated rings. The molecule has 0 spiro atoms. The zero-order valence-electron chi connectivity index (χ0n) is 15.7. The van der Waals surface area contributed by atoms with E-state index < -0.39 is 39.9 Å². The van der Waals surface area contributed by atoms with E-state index in [-0.39, 0.29) is 6.04 Å². The first-order valence-corrected chi connectivity index (χ1v) is 11.4. The van der Waals surface area contributed by atoms with Crippen molar-refractivity contribution in [3.05, 3.63) is 23.0 Å². The highest BCUT2D eigenvalue weighted by Crippen LogP contribution is 2.39. The van der Waals surface area contributed by atoms with Gasteiger partial charge in [-0.2, -0.15) is 8.42 Å². The minimum absolute atomic E-state index is 0.121. The summed E-state index contributed by atoms with van der Waals surface area (Å²) in [7, 11) is -4.18. The number of aromatic hydroxyl groups is 1. The summed E-state index contributed by atoms with van der Waals surface area (Å²) in [6, 6.07) is 1.55. The van der Waals surface area contributed by atoms with Crippen LogP contribution in [-0.2, 0) is 27.8 Å². The lowest BCUT2D eigenvalue weighted by Gasteiger charge is -2.28. The van der Waals surface area contributed by atoms with Crippen molar-refractivity contribution in [3.8, 4) is 5.75 Å². The van der Waals surface area contributed by atoms with Gasteiger partial charge in [-0.25, -0.2) is 13.4 Å². The number of amides is 1. The fraction of sp³-hybridized carbons (Fsp3) is 0.632. The van der Waals surface area contributed by atoms with E-state index in [1.165, 1.54) is 31.7 Å². The zero-order valence-corrected chi connectivity index (χ0v) is 16.5. The van der Waals surface area contributed by atoms with Crippen molar-refractivity contribution in [2.75, 3.05) is 17.4 Å². The number of rotatable bonds is 5. The number of phenolic OH excluding ortho intramolecular Hbond substituents is 1. The number of nitrogens with zero attached hydrogens (tertiary/aromatic N) is 1. The summed E-state index contributed by atoms with van der Waals surface area (Å²) in [5.74, 6) is -1.17. The number of aryl methyl sites for hydroxylation is 1. The largest absolute Gasteiger partial charge is 0.506 e. The van der Waals surface area contributed by atoms with Gasteiger partial charge < -0.3 is 10.4 Å². The molecule has 154 valence electrons. The number of carbonyl (C=O) groups is 1. The lowest BCUT2D eigenvalue weighted by Crippen LogP contribution is -2.36.